The third-order valence-electron chi connectivity index (χ3n) is 5.82. The average Bonchev–Trinajstić information content (AvgIpc) is 3.36. The lowest BCUT2D eigenvalue weighted by atomic mass is 10.2. The summed E-state index contributed by atoms with van der Waals surface area (Å²) in [7, 11) is 0. The average molecular weight is 436 g/mol. The zero-order chi connectivity index (χ0) is 21.2. The molecule has 0 spiro atoms. The van der Waals surface area contributed by atoms with Crippen LogP contribution in [-0.4, -0.2) is 53.1 Å². The minimum Gasteiger partial charge on any atom is -0.370 e. The molecular formula is C23H25N5O2S. The van der Waals surface area contributed by atoms with Gasteiger partial charge < -0.3 is 15.1 Å². The number of nitrogens with one attached hydrogen (secondary N) is 2. The first-order valence-electron chi connectivity index (χ1n) is 10.7. The van der Waals surface area contributed by atoms with E-state index in [0.29, 0.717) is 11.6 Å². The Bertz CT molecular complexity index is 1060. The molecule has 1 saturated carbocycles. The van der Waals surface area contributed by atoms with Crippen molar-refractivity contribution in [2.24, 2.45) is 5.92 Å². The van der Waals surface area contributed by atoms with E-state index in [1.54, 1.807) is 17.4 Å². The lowest BCUT2D eigenvalue weighted by molar-refractivity contribution is -0.132. The summed E-state index contributed by atoms with van der Waals surface area (Å²) in [6, 6.07) is 13.6. The molecule has 0 atom stereocenters. The number of aromatic nitrogens is 2. The van der Waals surface area contributed by atoms with E-state index >= 15 is 0 Å². The van der Waals surface area contributed by atoms with Crippen LogP contribution in [0.5, 0.6) is 0 Å². The van der Waals surface area contributed by atoms with Crippen molar-refractivity contribution in [2.45, 2.75) is 19.3 Å². The second-order valence-electron chi connectivity index (χ2n) is 8.09. The van der Waals surface area contributed by atoms with Crippen molar-refractivity contribution in [3.8, 4) is 10.6 Å². The van der Waals surface area contributed by atoms with E-state index in [0.717, 1.165) is 67.4 Å². The molecule has 1 saturated heterocycles. The predicted molar refractivity (Wildman–Crippen MR) is 122 cm³/mol. The van der Waals surface area contributed by atoms with Gasteiger partial charge in [-0.3, -0.25) is 14.7 Å². The number of rotatable bonds is 5. The maximum atomic E-state index is 12.6. The van der Waals surface area contributed by atoms with Crippen LogP contribution in [-0.2, 0) is 4.79 Å². The molecule has 2 amide bonds. The van der Waals surface area contributed by atoms with Gasteiger partial charge in [0.05, 0.1) is 10.6 Å². The molecular weight excluding hydrogens is 410 g/mol. The van der Waals surface area contributed by atoms with Gasteiger partial charge in [-0.05, 0) is 61.0 Å². The van der Waals surface area contributed by atoms with E-state index in [9.17, 15) is 9.59 Å². The van der Waals surface area contributed by atoms with Crippen LogP contribution in [0.1, 0.15) is 29.8 Å². The van der Waals surface area contributed by atoms with E-state index in [1.807, 2.05) is 46.7 Å². The van der Waals surface area contributed by atoms with Crippen molar-refractivity contribution in [3.63, 3.8) is 0 Å². The normalized spacial score (nSPS) is 16.8. The third-order valence-corrected chi connectivity index (χ3v) is 6.72. The molecule has 0 radical (unpaired) electrons. The lowest BCUT2D eigenvalue weighted by Gasteiger charge is -2.24. The zero-order valence-electron chi connectivity index (χ0n) is 17.2. The van der Waals surface area contributed by atoms with Crippen molar-refractivity contribution in [3.05, 3.63) is 53.5 Å². The van der Waals surface area contributed by atoms with Crippen LogP contribution < -0.4 is 10.2 Å². The molecule has 0 bridgehead atoms. The number of anilines is 2. The Morgan fingerprint density at radius 1 is 1.06 bits per heavy atom. The number of hydrogen-bond donors (Lipinski definition) is 2. The molecule has 1 aliphatic heterocycles. The number of carbonyl (C=O) groups is 2. The van der Waals surface area contributed by atoms with Crippen LogP contribution in [0, 0.1) is 5.92 Å². The highest BCUT2D eigenvalue weighted by Gasteiger charge is 2.33. The molecule has 0 unspecified atom stereocenters. The van der Waals surface area contributed by atoms with Crippen LogP contribution in [0.2, 0.25) is 0 Å². The molecule has 3 heterocycles. The summed E-state index contributed by atoms with van der Waals surface area (Å²) in [5, 5.41) is 12.0. The Morgan fingerprint density at radius 2 is 1.90 bits per heavy atom. The molecule has 3 aromatic rings. The highest BCUT2D eigenvalue weighted by atomic mass is 32.1. The van der Waals surface area contributed by atoms with Gasteiger partial charge in [0.1, 0.15) is 0 Å². The Balaban J connectivity index is 1.19. The van der Waals surface area contributed by atoms with Gasteiger partial charge in [-0.2, -0.15) is 5.10 Å². The Morgan fingerprint density at radius 3 is 2.65 bits per heavy atom. The first kappa shape index (κ1) is 19.8. The highest BCUT2D eigenvalue weighted by Crippen LogP contribution is 2.31. The van der Waals surface area contributed by atoms with Crippen molar-refractivity contribution in [2.75, 3.05) is 36.4 Å². The quantitative estimate of drug-likeness (QED) is 0.638. The van der Waals surface area contributed by atoms with E-state index in [1.165, 1.54) is 0 Å². The fraction of sp³-hybridized carbons (Fsp3) is 0.348. The van der Waals surface area contributed by atoms with E-state index in [-0.39, 0.29) is 11.8 Å². The number of thiophene rings is 1. The first-order chi connectivity index (χ1) is 15.2. The standard InChI is InChI=1S/C23H25N5O2S/c29-22(20-15-19(25-26-20)21-3-1-14-31-21)24-17-6-8-18(9-7-17)27-10-2-11-28(13-12-27)23(30)16-4-5-16/h1,3,6-9,14-16H,2,4-5,10-13H2,(H,24,29)(H,25,26). The lowest BCUT2D eigenvalue weighted by Crippen LogP contribution is -2.36. The number of nitrogens with zero attached hydrogens (tertiary/aromatic N) is 3. The minimum absolute atomic E-state index is 0.240. The maximum Gasteiger partial charge on any atom is 0.276 e. The van der Waals surface area contributed by atoms with Crippen LogP contribution in [0.25, 0.3) is 10.6 Å². The Hall–Kier alpha value is -3.13. The minimum atomic E-state index is -0.240. The molecule has 1 aromatic carbocycles. The fourth-order valence-electron chi connectivity index (χ4n) is 3.93. The largest absolute Gasteiger partial charge is 0.370 e. The zero-order valence-corrected chi connectivity index (χ0v) is 18.0. The fourth-order valence-corrected chi connectivity index (χ4v) is 4.62. The molecule has 31 heavy (non-hydrogen) atoms. The monoisotopic (exact) mass is 435 g/mol. The van der Waals surface area contributed by atoms with Gasteiger partial charge in [0.25, 0.3) is 5.91 Å². The van der Waals surface area contributed by atoms with E-state index in [4.69, 9.17) is 0 Å². The topological polar surface area (TPSA) is 81.3 Å². The molecule has 5 rings (SSSR count). The Kier molecular flexibility index (Phi) is 5.46. The van der Waals surface area contributed by atoms with Crippen molar-refractivity contribution in [1.82, 2.24) is 15.1 Å². The number of aromatic amines is 1. The Labute approximate surface area is 185 Å². The summed E-state index contributed by atoms with van der Waals surface area (Å²) in [6.07, 6.45) is 3.09. The summed E-state index contributed by atoms with van der Waals surface area (Å²) in [4.78, 5) is 30.3. The summed E-state index contributed by atoms with van der Waals surface area (Å²) in [5.41, 5.74) is 3.04. The van der Waals surface area contributed by atoms with Gasteiger partial charge in [-0.1, -0.05) is 6.07 Å². The number of H-pyrrole nitrogens is 1. The number of hydrogen-bond acceptors (Lipinski definition) is 5. The molecule has 7 nitrogen and oxygen atoms in total. The second kappa shape index (κ2) is 8.55. The molecule has 2 aromatic heterocycles. The predicted octanol–water partition coefficient (Wildman–Crippen LogP) is 3.84. The van der Waals surface area contributed by atoms with Crippen molar-refractivity contribution in [1.29, 1.82) is 0 Å². The highest BCUT2D eigenvalue weighted by molar-refractivity contribution is 7.13. The van der Waals surface area contributed by atoms with Gasteiger partial charge in [0.15, 0.2) is 5.69 Å². The summed E-state index contributed by atoms with van der Waals surface area (Å²) in [5.74, 6) is 0.377. The molecule has 2 fully saturated rings. The van der Waals surface area contributed by atoms with Gasteiger partial charge >= 0.3 is 0 Å². The van der Waals surface area contributed by atoms with Gasteiger partial charge in [0.2, 0.25) is 5.91 Å². The second-order valence-corrected chi connectivity index (χ2v) is 9.03. The van der Waals surface area contributed by atoms with Crippen LogP contribution in [0.4, 0.5) is 11.4 Å². The van der Waals surface area contributed by atoms with Gasteiger partial charge in [-0.15, -0.1) is 11.3 Å². The molecule has 160 valence electrons. The SMILES string of the molecule is O=C(Nc1ccc(N2CCCN(C(=O)C3CC3)CC2)cc1)c1cc(-c2cccs2)[nH]n1. The molecule has 1 aliphatic carbocycles. The first-order valence-corrected chi connectivity index (χ1v) is 11.6. The van der Waals surface area contributed by atoms with Crippen molar-refractivity contribution < 1.29 is 9.59 Å². The summed E-state index contributed by atoms with van der Waals surface area (Å²) >= 11 is 1.60. The van der Waals surface area contributed by atoms with E-state index in [2.05, 4.69) is 20.4 Å². The summed E-state index contributed by atoms with van der Waals surface area (Å²) < 4.78 is 0. The van der Waals surface area contributed by atoms with Crippen molar-refractivity contribution >= 4 is 34.5 Å². The van der Waals surface area contributed by atoms with Crippen LogP contribution >= 0.6 is 11.3 Å². The maximum absolute atomic E-state index is 12.6. The molecule has 2 aliphatic rings. The summed E-state index contributed by atoms with van der Waals surface area (Å²) in [6.45, 7) is 3.39. The molecule has 2 N–H and O–H groups in total. The number of carbonyl (C=O) groups excluding carboxylic acids is 2. The number of amides is 2. The van der Waals surface area contributed by atoms with Crippen LogP contribution in [0.15, 0.2) is 47.8 Å². The smallest absolute Gasteiger partial charge is 0.276 e. The van der Waals surface area contributed by atoms with Gasteiger partial charge in [-0.25, -0.2) is 0 Å². The number of benzene rings is 1. The van der Waals surface area contributed by atoms with Gasteiger partial charge in [0, 0.05) is 43.5 Å². The van der Waals surface area contributed by atoms with E-state index < -0.39 is 0 Å². The molecule has 8 heteroatoms. The van der Waals surface area contributed by atoms with Crippen LogP contribution in [0.3, 0.4) is 0 Å². The third kappa shape index (κ3) is 4.49.